The van der Waals surface area contributed by atoms with Gasteiger partial charge < -0.3 is 10.2 Å². The van der Waals surface area contributed by atoms with E-state index in [1.165, 1.54) is 0 Å². The van der Waals surface area contributed by atoms with E-state index in [0.717, 1.165) is 12.8 Å². The lowest BCUT2D eigenvalue weighted by molar-refractivity contribution is -0.175. The summed E-state index contributed by atoms with van der Waals surface area (Å²) in [5.41, 5.74) is -0.316. The van der Waals surface area contributed by atoms with Crippen LogP contribution in [0.5, 0.6) is 0 Å². The van der Waals surface area contributed by atoms with Crippen LogP contribution in [0.1, 0.15) is 40.0 Å². The molecular formula is C12H20O4. The van der Waals surface area contributed by atoms with Crippen molar-refractivity contribution in [3.05, 3.63) is 0 Å². The Morgan fingerprint density at radius 2 is 1.81 bits per heavy atom. The number of hydrogen-bond acceptors (Lipinski definition) is 2. The van der Waals surface area contributed by atoms with Crippen LogP contribution in [0.15, 0.2) is 0 Å². The summed E-state index contributed by atoms with van der Waals surface area (Å²) in [5, 5.41) is 18.1. The van der Waals surface area contributed by atoms with Gasteiger partial charge in [0.25, 0.3) is 0 Å². The van der Waals surface area contributed by atoms with Gasteiger partial charge in [0, 0.05) is 0 Å². The molecule has 1 aliphatic carbocycles. The fraction of sp³-hybridized carbons (Fsp3) is 0.833. The molecule has 0 saturated heterocycles. The second-order valence-electron chi connectivity index (χ2n) is 4.80. The summed E-state index contributed by atoms with van der Waals surface area (Å²) in [6, 6.07) is 0. The summed E-state index contributed by atoms with van der Waals surface area (Å²) in [4.78, 5) is 22.1. The zero-order valence-electron chi connectivity index (χ0n) is 10.1. The third-order valence-electron chi connectivity index (χ3n) is 4.53. The average Bonchev–Trinajstić information content (AvgIpc) is 2.17. The Hall–Kier alpha value is -1.06. The average molecular weight is 228 g/mol. The molecule has 0 aromatic carbocycles. The van der Waals surface area contributed by atoms with Crippen molar-refractivity contribution in [3.8, 4) is 0 Å². The number of carboxylic acid groups (broad SMARTS) is 2. The third kappa shape index (κ3) is 1.70. The second-order valence-corrected chi connectivity index (χ2v) is 4.80. The van der Waals surface area contributed by atoms with Crippen molar-refractivity contribution in [1.82, 2.24) is 0 Å². The summed E-state index contributed by atoms with van der Waals surface area (Å²) in [6.07, 6.45) is 1.98. The predicted octanol–water partition coefficient (Wildman–Crippen LogP) is 2.23. The fourth-order valence-electron chi connectivity index (χ4n) is 3.31. The van der Waals surface area contributed by atoms with Gasteiger partial charge in [-0.25, -0.2) is 0 Å². The molecule has 1 fully saturated rings. The van der Waals surface area contributed by atoms with Gasteiger partial charge in [-0.05, 0) is 30.6 Å². The molecule has 0 aromatic heterocycles. The molecular weight excluding hydrogens is 208 g/mol. The molecule has 2 N–H and O–H groups in total. The molecule has 3 atom stereocenters. The Kier molecular flexibility index (Phi) is 3.61. The van der Waals surface area contributed by atoms with Crippen molar-refractivity contribution in [3.63, 3.8) is 0 Å². The van der Waals surface area contributed by atoms with Crippen LogP contribution in [0.25, 0.3) is 0 Å². The molecule has 0 heterocycles. The molecule has 16 heavy (non-hydrogen) atoms. The zero-order valence-corrected chi connectivity index (χ0v) is 10.1. The van der Waals surface area contributed by atoms with E-state index in [1.807, 2.05) is 13.8 Å². The molecule has 0 spiro atoms. The van der Waals surface area contributed by atoms with Crippen LogP contribution in [-0.2, 0) is 9.59 Å². The van der Waals surface area contributed by atoms with Crippen molar-refractivity contribution < 1.29 is 19.8 Å². The molecule has 0 aromatic rings. The van der Waals surface area contributed by atoms with Gasteiger partial charge in [-0.3, -0.25) is 9.59 Å². The maximum atomic E-state index is 11.1. The molecule has 4 nitrogen and oxygen atoms in total. The first-order chi connectivity index (χ1) is 7.40. The Morgan fingerprint density at radius 3 is 2.12 bits per heavy atom. The normalized spacial score (nSPS) is 29.2. The molecule has 3 unspecified atom stereocenters. The summed E-state index contributed by atoms with van der Waals surface area (Å²) >= 11 is 0. The van der Waals surface area contributed by atoms with Gasteiger partial charge >= 0.3 is 11.9 Å². The summed E-state index contributed by atoms with van der Waals surface area (Å²) < 4.78 is 0. The maximum Gasteiger partial charge on any atom is 0.307 e. The quantitative estimate of drug-likeness (QED) is 0.756. The van der Waals surface area contributed by atoms with Crippen LogP contribution in [0.4, 0.5) is 0 Å². The Bertz CT molecular complexity index is 293. The van der Waals surface area contributed by atoms with Crippen LogP contribution in [0, 0.1) is 23.2 Å². The van der Waals surface area contributed by atoms with Gasteiger partial charge in [0.05, 0.1) is 11.8 Å². The Morgan fingerprint density at radius 1 is 1.31 bits per heavy atom. The largest absolute Gasteiger partial charge is 0.481 e. The highest BCUT2D eigenvalue weighted by Crippen LogP contribution is 2.59. The molecule has 0 amide bonds. The Labute approximate surface area is 95.7 Å². The van der Waals surface area contributed by atoms with Crippen LogP contribution >= 0.6 is 0 Å². The van der Waals surface area contributed by atoms with Gasteiger partial charge in [0.15, 0.2) is 0 Å². The molecule has 92 valence electrons. The maximum absolute atomic E-state index is 11.1. The van der Waals surface area contributed by atoms with Gasteiger partial charge in [0.2, 0.25) is 0 Å². The minimum Gasteiger partial charge on any atom is -0.481 e. The molecule has 1 aliphatic rings. The van der Waals surface area contributed by atoms with E-state index in [4.69, 9.17) is 10.2 Å². The first-order valence-electron chi connectivity index (χ1n) is 5.86. The Balaban J connectivity index is 2.92. The van der Waals surface area contributed by atoms with Crippen LogP contribution in [-0.4, -0.2) is 22.2 Å². The lowest BCUT2D eigenvalue weighted by Crippen LogP contribution is -2.55. The number of rotatable bonds is 5. The monoisotopic (exact) mass is 228 g/mol. The molecule has 0 aliphatic heterocycles. The lowest BCUT2D eigenvalue weighted by atomic mass is 9.47. The van der Waals surface area contributed by atoms with Crippen molar-refractivity contribution in [1.29, 1.82) is 0 Å². The van der Waals surface area contributed by atoms with Crippen LogP contribution < -0.4 is 0 Å². The smallest absolute Gasteiger partial charge is 0.307 e. The molecule has 0 radical (unpaired) electrons. The highest BCUT2D eigenvalue weighted by Gasteiger charge is 2.58. The zero-order chi connectivity index (χ0) is 12.5. The highest BCUT2D eigenvalue weighted by atomic mass is 16.4. The standard InChI is InChI=1S/C12H20O4/c1-4-12(5-2)8(7(3)10(13)14)6-9(12)11(15)16/h7-9H,4-6H2,1-3H3,(H,13,14)(H,15,16). The summed E-state index contributed by atoms with van der Waals surface area (Å²) in [7, 11) is 0. The third-order valence-corrected chi connectivity index (χ3v) is 4.53. The molecule has 4 heteroatoms. The summed E-state index contributed by atoms with van der Waals surface area (Å²) in [6.45, 7) is 5.60. The first kappa shape index (κ1) is 13.0. The van der Waals surface area contributed by atoms with Crippen molar-refractivity contribution in [2.24, 2.45) is 23.2 Å². The van der Waals surface area contributed by atoms with Gasteiger partial charge in [-0.15, -0.1) is 0 Å². The lowest BCUT2D eigenvalue weighted by Gasteiger charge is -2.55. The number of hydrogen-bond donors (Lipinski definition) is 2. The minimum atomic E-state index is -0.819. The minimum absolute atomic E-state index is 0.00102. The van der Waals surface area contributed by atoms with Crippen LogP contribution in [0.2, 0.25) is 0 Å². The molecule has 0 bridgehead atoms. The topological polar surface area (TPSA) is 74.6 Å². The van der Waals surface area contributed by atoms with Gasteiger partial charge in [-0.1, -0.05) is 20.8 Å². The summed E-state index contributed by atoms with van der Waals surface area (Å²) in [5.74, 6) is -2.41. The molecule has 1 saturated carbocycles. The van der Waals surface area contributed by atoms with E-state index in [0.29, 0.717) is 6.42 Å². The van der Waals surface area contributed by atoms with Crippen molar-refractivity contribution in [2.75, 3.05) is 0 Å². The van der Waals surface area contributed by atoms with Gasteiger partial charge in [-0.2, -0.15) is 0 Å². The van der Waals surface area contributed by atoms with E-state index in [-0.39, 0.29) is 17.3 Å². The second kappa shape index (κ2) is 4.44. The van der Waals surface area contributed by atoms with E-state index < -0.39 is 17.9 Å². The van der Waals surface area contributed by atoms with Gasteiger partial charge in [0.1, 0.15) is 0 Å². The van der Waals surface area contributed by atoms with Crippen LogP contribution in [0.3, 0.4) is 0 Å². The van der Waals surface area contributed by atoms with E-state index >= 15 is 0 Å². The van der Waals surface area contributed by atoms with E-state index in [9.17, 15) is 9.59 Å². The SMILES string of the molecule is CCC1(CC)C(C(=O)O)CC1C(C)C(=O)O. The number of carboxylic acids is 2. The van der Waals surface area contributed by atoms with Crippen molar-refractivity contribution >= 4 is 11.9 Å². The highest BCUT2D eigenvalue weighted by molar-refractivity contribution is 5.75. The predicted molar refractivity (Wildman–Crippen MR) is 59.0 cm³/mol. The molecule has 1 rings (SSSR count). The van der Waals surface area contributed by atoms with Crippen molar-refractivity contribution in [2.45, 2.75) is 40.0 Å². The fourth-order valence-corrected chi connectivity index (χ4v) is 3.31. The first-order valence-corrected chi connectivity index (χ1v) is 5.86. The van der Waals surface area contributed by atoms with E-state index in [2.05, 4.69) is 0 Å². The number of aliphatic carboxylic acids is 2. The van der Waals surface area contributed by atoms with E-state index in [1.54, 1.807) is 6.92 Å². The number of carbonyl (C=O) groups is 2.